The molecule has 1 aromatic heterocycles. The average molecular weight is 345 g/mol. The molecule has 0 bridgehead atoms. The van der Waals surface area contributed by atoms with Gasteiger partial charge in [-0.1, -0.05) is 12.1 Å². The smallest absolute Gasteiger partial charge is 0.348 e. The number of aryl methyl sites for hydroxylation is 1. The van der Waals surface area contributed by atoms with Crippen molar-refractivity contribution in [3.63, 3.8) is 0 Å². The van der Waals surface area contributed by atoms with Crippen LogP contribution in [0, 0.1) is 6.92 Å². The number of benzene rings is 1. The van der Waals surface area contributed by atoms with Crippen molar-refractivity contribution >= 4 is 17.5 Å². The van der Waals surface area contributed by atoms with Crippen LogP contribution in [-0.2, 0) is 0 Å². The molecule has 0 unspecified atom stereocenters. The first-order chi connectivity index (χ1) is 11.6. The number of nitrogens with zero attached hydrogens (tertiary/aromatic N) is 1. The summed E-state index contributed by atoms with van der Waals surface area (Å²) in [6.45, 7) is 2.24. The largest absolute Gasteiger partial charge is 0.507 e. The highest BCUT2D eigenvalue weighted by molar-refractivity contribution is 7.99. The first-order valence-corrected chi connectivity index (χ1v) is 8.76. The number of thioether (sulfide) groups is 1. The molecule has 0 spiro atoms. The van der Waals surface area contributed by atoms with Gasteiger partial charge in [0.25, 0.3) is 0 Å². The van der Waals surface area contributed by atoms with Crippen LogP contribution >= 0.6 is 11.8 Å². The Kier molecular flexibility index (Phi) is 4.94. The van der Waals surface area contributed by atoms with E-state index >= 15 is 0 Å². The van der Waals surface area contributed by atoms with Crippen LogP contribution in [0.15, 0.2) is 44.5 Å². The molecule has 0 saturated carbocycles. The van der Waals surface area contributed by atoms with Crippen LogP contribution < -0.4 is 10.4 Å². The summed E-state index contributed by atoms with van der Waals surface area (Å²) in [4.78, 5) is 16.7. The summed E-state index contributed by atoms with van der Waals surface area (Å²) >= 11 is 1.79. The summed E-state index contributed by atoms with van der Waals surface area (Å²) in [6.07, 6.45) is 0.555. The maximum Gasteiger partial charge on any atom is 0.348 e. The van der Waals surface area contributed by atoms with Crippen molar-refractivity contribution in [1.82, 2.24) is 0 Å². The SMILES string of the molecule is COc1cccc([C@H]2CC(c3c(O)cc(C)oc3=O)=NCCS2)c1. The molecule has 5 nitrogen and oxygen atoms in total. The van der Waals surface area contributed by atoms with Crippen molar-refractivity contribution < 1.29 is 14.3 Å². The normalized spacial score (nSPS) is 17.9. The minimum atomic E-state index is -0.539. The number of hydrogen-bond donors (Lipinski definition) is 1. The molecule has 1 N–H and O–H groups in total. The molecule has 1 aliphatic rings. The Hall–Kier alpha value is -2.21. The van der Waals surface area contributed by atoms with E-state index in [-0.39, 0.29) is 16.6 Å². The van der Waals surface area contributed by atoms with E-state index in [1.165, 1.54) is 6.07 Å². The van der Waals surface area contributed by atoms with Crippen molar-refractivity contribution in [2.75, 3.05) is 19.4 Å². The van der Waals surface area contributed by atoms with Gasteiger partial charge in [0.05, 0.1) is 12.8 Å². The molecule has 126 valence electrons. The first-order valence-electron chi connectivity index (χ1n) is 7.71. The van der Waals surface area contributed by atoms with Gasteiger partial charge < -0.3 is 14.3 Å². The zero-order chi connectivity index (χ0) is 17.1. The molecule has 3 rings (SSSR count). The van der Waals surface area contributed by atoms with E-state index in [0.29, 0.717) is 24.4 Å². The molecule has 1 aliphatic heterocycles. The number of methoxy groups -OCH3 is 1. The minimum absolute atomic E-state index is 0.0706. The predicted molar refractivity (Wildman–Crippen MR) is 95.6 cm³/mol. The third-order valence-corrected chi connectivity index (χ3v) is 5.16. The molecule has 0 saturated heterocycles. The zero-order valence-electron chi connectivity index (χ0n) is 13.6. The molecule has 2 aromatic rings. The molecule has 0 radical (unpaired) electrons. The number of ether oxygens (including phenoxy) is 1. The number of rotatable bonds is 3. The fourth-order valence-electron chi connectivity index (χ4n) is 2.77. The highest BCUT2D eigenvalue weighted by atomic mass is 32.2. The summed E-state index contributed by atoms with van der Waals surface area (Å²) < 4.78 is 10.4. The summed E-state index contributed by atoms with van der Waals surface area (Å²) in [5.41, 5.74) is 1.35. The molecule has 0 amide bonds. The maximum atomic E-state index is 12.2. The van der Waals surface area contributed by atoms with Gasteiger partial charge in [0.15, 0.2) is 0 Å². The Morgan fingerprint density at radius 3 is 2.96 bits per heavy atom. The third kappa shape index (κ3) is 3.48. The Bertz CT molecular complexity index is 828. The maximum absolute atomic E-state index is 12.2. The van der Waals surface area contributed by atoms with E-state index in [2.05, 4.69) is 4.99 Å². The van der Waals surface area contributed by atoms with Gasteiger partial charge >= 0.3 is 5.63 Å². The first kappa shape index (κ1) is 16.6. The molecule has 24 heavy (non-hydrogen) atoms. The molecule has 1 aromatic carbocycles. The highest BCUT2D eigenvalue weighted by Gasteiger charge is 2.24. The summed E-state index contributed by atoms with van der Waals surface area (Å²) in [5.74, 6) is 1.96. The average Bonchev–Trinajstić information content (AvgIpc) is 2.80. The summed E-state index contributed by atoms with van der Waals surface area (Å²) in [5, 5.41) is 10.3. The van der Waals surface area contributed by atoms with Crippen LogP contribution in [0.25, 0.3) is 0 Å². The lowest BCUT2D eigenvalue weighted by Gasteiger charge is -2.16. The van der Waals surface area contributed by atoms with Crippen molar-refractivity contribution in [1.29, 1.82) is 0 Å². The Balaban J connectivity index is 1.96. The fourth-order valence-corrected chi connectivity index (χ4v) is 3.87. The number of hydrogen-bond acceptors (Lipinski definition) is 6. The van der Waals surface area contributed by atoms with Gasteiger partial charge in [-0.25, -0.2) is 4.79 Å². The molecular formula is C18H19NO4S. The van der Waals surface area contributed by atoms with Crippen LogP contribution in [0.3, 0.4) is 0 Å². The highest BCUT2D eigenvalue weighted by Crippen LogP contribution is 2.37. The van der Waals surface area contributed by atoms with Crippen LogP contribution in [-0.4, -0.2) is 30.2 Å². The molecule has 0 aliphatic carbocycles. The van der Waals surface area contributed by atoms with Gasteiger partial charge in [-0.05, 0) is 24.6 Å². The van der Waals surface area contributed by atoms with Gasteiger partial charge in [0.2, 0.25) is 0 Å². The lowest BCUT2D eigenvalue weighted by molar-refractivity contribution is 0.414. The van der Waals surface area contributed by atoms with Crippen LogP contribution in [0.1, 0.15) is 28.6 Å². The van der Waals surface area contributed by atoms with Crippen LogP contribution in [0.5, 0.6) is 11.5 Å². The fraction of sp³-hybridized carbons (Fsp3) is 0.333. The van der Waals surface area contributed by atoms with Gasteiger partial charge in [0.1, 0.15) is 22.8 Å². The molecule has 1 atom stereocenters. The lowest BCUT2D eigenvalue weighted by atomic mass is 10.0. The quantitative estimate of drug-likeness (QED) is 0.924. The topological polar surface area (TPSA) is 72.0 Å². The second-order valence-electron chi connectivity index (χ2n) is 5.57. The summed E-state index contributed by atoms with van der Waals surface area (Å²) in [7, 11) is 1.64. The molecule has 6 heteroatoms. The monoisotopic (exact) mass is 345 g/mol. The van der Waals surface area contributed by atoms with E-state index in [4.69, 9.17) is 9.15 Å². The van der Waals surface area contributed by atoms with Crippen molar-refractivity contribution in [3.05, 3.63) is 57.6 Å². The van der Waals surface area contributed by atoms with E-state index < -0.39 is 5.63 Å². The minimum Gasteiger partial charge on any atom is -0.507 e. The molecular weight excluding hydrogens is 326 g/mol. The van der Waals surface area contributed by atoms with Gasteiger partial charge in [-0.15, -0.1) is 0 Å². The Labute approximate surface area is 144 Å². The van der Waals surface area contributed by atoms with E-state index in [9.17, 15) is 9.90 Å². The lowest BCUT2D eigenvalue weighted by Crippen LogP contribution is -2.17. The van der Waals surface area contributed by atoms with Crippen molar-refractivity contribution in [2.45, 2.75) is 18.6 Å². The molecule has 0 fully saturated rings. The standard InChI is InChI=1S/C18H19NO4S/c1-11-8-15(20)17(18(21)23-11)14-10-16(24-7-6-19-14)12-4-3-5-13(9-12)22-2/h3-5,8-9,16,20H,6-7,10H2,1-2H3/t16-/m1/s1. The van der Waals surface area contributed by atoms with E-state index in [1.54, 1.807) is 25.8 Å². The van der Waals surface area contributed by atoms with Gasteiger partial charge in [-0.3, -0.25) is 4.99 Å². The Morgan fingerprint density at radius 2 is 2.21 bits per heavy atom. The van der Waals surface area contributed by atoms with E-state index in [1.807, 2.05) is 24.3 Å². The number of aliphatic imine (C=N–C) groups is 1. The summed E-state index contributed by atoms with van der Waals surface area (Å²) in [6, 6.07) is 9.35. The van der Waals surface area contributed by atoms with Gasteiger partial charge in [0, 0.05) is 30.0 Å². The van der Waals surface area contributed by atoms with Gasteiger partial charge in [-0.2, -0.15) is 11.8 Å². The van der Waals surface area contributed by atoms with E-state index in [0.717, 1.165) is 17.1 Å². The number of aromatic hydroxyl groups is 1. The Morgan fingerprint density at radius 1 is 1.38 bits per heavy atom. The van der Waals surface area contributed by atoms with Crippen molar-refractivity contribution in [2.24, 2.45) is 4.99 Å². The molecule has 2 heterocycles. The second-order valence-corrected chi connectivity index (χ2v) is 6.88. The second kappa shape index (κ2) is 7.13. The van der Waals surface area contributed by atoms with Crippen LogP contribution in [0.2, 0.25) is 0 Å². The third-order valence-electron chi connectivity index (χ3n) is 3.90. The zero-order valence-corrected chi connectivity index (χ0v) is 14.4. The van der Waals surface area contributed by atoms with Crippen molar-refractivity contribution in [3.8, 4) is 11.5 Å². The van der Waals surface area contributed by atoms with Crippen LogP contribution in [0.4, 0.5) is 0 Å². The predicted octanol–water partition coefficient (Wildman–Crippen LogP) is 3.33.